The van der Waals surface area contributed by atoms with Gasteiger partial charge in [0.25, 0.3) is 0 Å². The van der Waals surface area contributed by atoms with Gasteiger partial charge in [0.15, 0.2) is 0 Å². The molecule has 5 heteroatoms. The van der Waals surface area contributed by atoms with E-state index < -0.39 is 0 Å². The molecule has 1 aromatic heterocycles. The molecule has 0 bridgehead atoms. The van der Waals surface area contributed by atoms with E-state index in [1.54, 1.807) is 0 Å². The molecule has 1 fully saturated rings. The number of nitrogens with zero attached hydrogens (tertiary/aromatic N) is 2. The van der Waals surface area contributed by atoms with Crippen LogP contribution in [0.25, 0.3) is 16.6 Å². The second-order valence-electron chi connectivity index (χ2n) is 8.34. The number of aromatic nitrogens is 1. The summed E-state index contributed by atoms with van der Waals surface area (Å²) in [5.41, 5.74) is 4.48. The minimum atomic E-state index is -0.272. The van der Waals surface area contributed by atoms with Gasteiger partial charge in [-0.25, -0.2) is 4.79 Å². The van der Waals surface area contributed by atoms with Crippen molar-refractivity contribution in [3.05, 3.63) is 41.6 Å². The van der Waals surface area contributed by atoms with Crippen molar-refractivity contribution in [1.82, 2.24) is 9.47 Å². The number of hydrogen-bond donors (Lipinski definition) is 1. The molecule has 2 atom stereocenters. The fourth-order valence-electron chi connectivity index (χ4n) is 5.73. The Morgan fingerprint density at radius 1 is 1.32 bits per heavy atom. The highest BCUT2D eigenvalue weighted by molar-refractivity contribution is 6.13. The summed E-state index contributed by atoms with van der Waals surface area (Å²) in [6.07, 6.45) is 7.02. The number of carbonyl (C=O) groups is 1. The second-order valence-corrected chi connectivity index (χ2v) is 8.34. The number of fused-ring (bicyclic) bond motifs is 3. The van der Waals surface area contributed by atoms with Crippen LogP contribution < -0.4 is 0 Å². The first kappa shape index (κ1) is 18.0. The molecular weight excluding hydrogens is 352 g/mol. The number of ether oxygens (including phenoxy) is 1. The molecule has 4 heterocycles. The van der Waals surface area contributed by atoms with Gasteiger partial charge >= 0.3 is 5.97 Å². The third kappa shape index (κ3) is 2.42. The zero-order valence-electron chi connectivity index (χ0n) is 16.5. The van der Waals surface area contributed by atoms with E-state index in [0.717, 1.165) is 37.9 Å². The minimum absolute atomic E-state index is 0.0108. The van der Waals surface area contributed by atoms with Gasteiger partial charge in [-0.05, 0) is 49.9 Å². The van der Waals surface area contributed by atoms with Crippen LogP contribution in [0.1, 0.15) is 49.9 Å². The Labute approximate surface area is 165 Å². The summed E-state index contributed by atoms with van der Waals surface area (Å²) in [7, 11) is 0. The normalized spacial score (nSPS) is 26.1. The molecule has 3 aliphatic heterocycles. The van der Waals surface area contributed by atoms with Gasteiger partial charge in [-0.15, -0.1) is 0 Å². The smallest absolute Gasteiger partial charge is 0.355 e. The van der Waals surface area contributed by atoms with E-state index in [1.165, 1.54) is 23.1 Å². The number of aliphatic hydroxyl groups excluding tert-OH is 1. The first-order valence-electron chi connectivity index (χ1n) is 10.6. The van der Waals surface area contributed by atoms with Crippen molar-refractivity contribution in [3.8, 4) is 0 Å². The lowest BCUT2D eigenvalue weighted by atomic mass is 9.66. The molecule has 1 aromatic carbocycles. The number of esters is 1. The van der Waals surface area contributed by atoms with E-state index in [-0.39, 0.29) is 24.6 Å². The number of carbonyl (C=O) groups excluding carboxylic acids is 1. The number of benzene rings is 1. The van der Waals surface area contributed by atoms with Crippen molar-refractivity contribution >= 4 is 22.6 Å². The topological polar surface area (TPSA) is 54.7 Å². The van der Waals surface area contributed by atoms with Crippen LogP contribution in [-0.4, -0.2) is 46.8 Å². The molecule has 0 radical (unpaired) electrons. The molecule has 2 aromatic rings. The predicted octanol–water partition coefficient (Wildman–Crippen LogP) is 3.51. The van der Waals surface area contributed by atoms with Crippen LogP contribution >= 0.6 is 0 Å². The molecule has 5 nitrogen and oxygen atoms in total. The Balaban J connectivity index is 1.73. The Hall–Kier alpha value is -2.11. The van der Waals surface area contributed by atoms with Crippen LogP contribution in [-0.2, 0) is 16.0 Å². The summed E-state index contributed by atoms with van der Waals surface area (Å²) in [6, 6.07) is 8.79. The highest BCUT2D eigenvalue weighted by Gasteiger charge is 2.51. The van der Waals surface area contributed by atoms with Gasteiger partial charge in [-0.1, -0.05) is 25.1 Å². The molecule has 0 spiro atoms. The Morgan fingerprint density at radius 2 is 2.18 bits per heavy atom. The molecule has 0 unspecified atom stereocenters. The van der Waals surface area contributed by atoms with Gasteiger partial charge in [0.1, 0.15) is 5.70 Å². The van der Waals surface area contributed by atoms with Crippen LogP contribution in [0.4, 0.5) is 0 Å². The average molecular weight is 380 g/mol. The van der Waals surface area contributed by atoms with Gasteiger partial charge in [0.2, 0.25) is 0 Å². The second kappa shape index (κ2) is 6.75. The molecule has 1 N–H and O–H groups in total. The zero-order valence-corrected chi connectivity index (χ0v) is 16.5. The van der Waals surface area contributed by atoms with Gasteiger partial charge in [-0.3, -0.25) is 4.90 Å². The van der Waals surface area contributed by atoms with Crippen LogP contribution in [0.2, 0.25) is 0 Å². The molecule has 0 saturated carbocycles. The fraction of sp³-hybridized carbons (Fsp3) is 0.522. The van der Waals surface area contributed by atoms with Gasteiger partial charge in [0.05, 0.1) is 18.2 Å². The highest BCUT2D eigenvalue weighted by atomic mass is 16.5. The van der Waals surface area contributed by atoms with Crippen molar-refractivity contribution in [2.75, 3.05) is 26.3 Å². The molecule has 28 heavy (non-hydrogen) atoms. The lowest BCUT2D eigenvalue weighted by Gasteiger charge is -2.53. The van der Waals surface area contributed by atoms with Crippen molar-refractivity contribution in [2.24, 2.45) is 5.41 Å². The summed E-state index contributed by atoms with van der Waals surface area (Å²) >= 11 is 0. The lowest BCUT2D eigenvalue weighted by molar-refractivity contribution is -0.137. The number of aliphatic hydroxyl groups is 1. The number of hydrogen-bond acceptors (Lipinski definition) is 4. The maximum atomic E-state index is 13.1. The lowest BCUT2D eigenvalue weighted by Crippen LogP contribution is -2.51. The van der Waals surface area contributed by atoms with E-state index in [4.69, 9.17) is 9.84 Å². The summed E-state index contributed by atoms with van der Waals surface area (Å²) in [6.45, 7) is 4.77. The Kier molecular flexibility index (Phi) is 4.33. The highest BCUT2D eigenvalue weighted by Crippen LogP contribution is 2.57. The SMILES string of the molecule is CC[C@@]12C=C(C(=O)OCCCO)n3c4c(c5ccccc53)CCN(CCC1)[C@@H]42. The third-order valence-electron chi connectivity index (χ3n) is 6.99. The minimum Gasteiger partial charge on any atom is -0.461 e. The van der Waals surface area contributed by atoms with E-state index >= 15 is 0 Å². The molecule has 1 saturated heterocycles. The molecule has 148 valence electrons. The van der Waals surface area contributed by atoms with E-state index in [9.17, 15) is 4.79 Å². The average Bonchev–Trinajstić information content (AvgIpc) is 3.07. The van der Waals surface area contributed by atoms with E-state index in [2.05, 4.69) is 40.7 Å². The van der Waals surface area contributed by atoms with Crippen LogP contribution in [0.15, 0.2) is 30.3 Å². The number of piperidine rings is 1. The first-order chi connectivity index (χ1) is 13.7. The summed E-state index contributed by atoms with van der Waals surface area (Å²) in [4.78, 5) is 15.7. The van der Waals surface area contributed by atoms with Crippen LogP contribution in [0.5, 0.6) is 0 Å². The van der Waals surface area contributed by atoms with Crippen LogP contribution in [0.3, 0.4) is 0 Å². The monoisotopic (exact) mass is 380 g/mol. The summed E-state index contributed by atoms with van der Waals surface area (Å²) < 4.78 is 7.73. The fourth-order valence-corrected chi connectivity index (χ4v) is 5.73. The molecule has 0 aliphatic carbocycles. The predicted molar refractivity (Wildman–Crippen MR) is 109 cm³/mol. The molecule has 0 amide bonds. The van der Waals surface area contributed by atoms with Crippen molar-refractivity contribution in [2.45, 2.75) is 45.1 Å². The molecule has 5 rings (SSSR count). The van der Waals surface area contributed by atoms with Crippen molar-refractivity contribution in [3.63, 3.8) is 0 Å². The number of para-hydroxylation sites is 1. The van der Waals surface area contributed by atoms with E-state index in [0.29, 0.717) is 18.2 Å². The van der Waals surface area contributed by atoms with Gasteiger partial charge in [0, 0.05) is 36.1 Å². The maximum absolute atomic E-state index is 13.1. The first-order valence-corrected chi connectivity index (χ1v) is 10.6. The maximum Gasteiger partial charge on any atom is 0.355 e. The van der Waals surface area contributed by atoms with Gasteiger partial charge in [-0.2, -0.15) is 0 Å². The molecular formula is C23H28N2O3. The van der Waals surface area contributed by atoms with E-state index in [1.807, 2.05) is 6.07 Å². The van der Waals surface area contributed by atoms with Gasteiger partial charge < -0.3 is 14.4 Å². The standard InChI is InChI=1S/C23H28N2O3/c1-2-23-10-5-11-24-12-9-17-16-7-3-4-8-18(16)25(20(17)21(23)24)19(15-23)22(27)28-14-6-13-26/h3-4,7-8,15,21,26H,2,5-6,9-14H2,1H3/t21-,23-/m0/s1. The largest absolute Gasteiger partial charge is 0.461 e. The summed E-state index contributed by atoms with van der Waals surface area (Å²) in [5, 5.41) is 10.3. The Morgan fingerprint density at radius 3 is 3.00 bits per heavy atom. The van der Waals surface area contributed by atoms with Crippen molar-refractivity contribution < 1.29 is 14.6 Å². The third-order valence-corrected chi connectivity index (χ3v) is 6.99. The van der Waals surface area contributed by atoms with Crippen molar-refractivity contribution in [1.29, 1.82) is 0 Å². The number of rotatable bonds is 5. The Bertz CT molecular complexity index is 960. The molecule has 3 aliphatic rings. The summed E-state index contributed by atoms with van der Waals surface area (Å²) in [5.74, 6) is -0.272. The quantitative estimate of drug-likeness (QED) is 0.637. The zero-order chi connectivity index (χ0) is 19.3. The van der Waals surface area contributed by atoms with Crippen LogP contribution in [0, 0.1) is 5.41 Å².